The molecule has 0 aliphatic heterocycles. The highest BCUT2D eigenvalue weighted by Crippen LogP contribution is 1.90. The first-order chi connectivity index (χ1) is 6.26. The fourth-order valence-corrected chi connectivity index (χ4v) is 1.66. The molecule has 0 rings (SSSR count). The highest BCUT2D eigenvalue weighted by atomic mass is 28.3. The van der Waals surface area contributed by atoms with Crippen LogP contribution < -0.4 is 0 Å². The summed E-state index contributed by atoms with van der Waals surface area (Å²) in [6.45, 7) is 12.1. The molecule has 82 valence electrons. The number of hydrogen-bond donors (Lipinski definition) is 0. The lowest BCUT2D eigenvalue weighted by Crippen LogP contribution is -2.27. The third kappa shape index (κ3) is 14.9. The van der Waals surface area contributed by atoms with Crippen LogP contribution in [-0.2, 0) is 13.3 Å². The average Bonchev–Trinajstić information content (AvgIpc) is 2.07. The summed E-state index contributed by atoms with van der Waals surface area (Å²) < 4.78 is 15.7. The highest BCUT2D eigenvalue weighted by molar-refractivity contribution is 6.36. The van der Waals surface area contributed by atoms with Gasteiger partial charge in [0.25, 0.3) is 0 Å². The molecule has 4 heteroatoms. The number of hydrogen-bond acceptors (Lipinski definition) is 3. The molecule has 0 fully saturated rings. The minimum Gasteiger partial charge on any atom is -0.376 e. The van der Waals surface area contributed by atoms with Crippen molar-refractivity contribution in [1.29, 1.82) is 0 Å². The van der Waals surface area contributed by atoms with Gasteiger partial charge in [-0.25, -0.2) is 0 Å². The van der Waals surface area contributed by atoms with Gasteiger partial charge >= 0.3 is 9.53 Å². The van der Waals surface area contributed by atoms with Gasteiger partial charge in [0.15, 0.2) is 0 Å². The monoisotopic (exact) mass is 208 g/mol. The first-order valence-corrected chi connectivity index (χ1v) is 6.52. The molecule has 0 spiro atoms. The standard InChI is InChI=1S/C6H16O3Si.C3H8/c1-4-7-10(8-5-2)9-6-3;1-3-2/h10H,4-6H2,1-3H3;3H2,1-2H3. The molecule has 0 radical (unpaired) electrons. The minimum atomic E-state index is -1.73. The fraction of sp³-hybridized carbons (Fsp3) is 1.00. The van der Waals surface area contributed by atoms with Crippen molar-refractivity contribution in [2.75, 3.05) is 19.8 Å². The van der Waals surface area contributed by atoms with Gasteiger partial charge in [0, 0.05) is 19.8 Å². The van der Waals surface area contributed by atoms with Crippen molar-refractivity contribution in [3.05, 3.63) is 0 Å². The second kappa shape index (κ2) is 14.6. The van der Waals surface area contributed by atoms with Gasteiger partial charge in [0.1, 0.15) is 0 Å². The van der Waals surface area contributed by atoms with Crippen molar-refractivity contribution in [2.24, 2.45) is 0 Å². The molecule has 0 aliphatic carbocycles. The van der Waals surface area contributed by atoms with E-state index in [1.54, 1.807) is 0 Å². The van der Waals surface area contributed by atoms with Crippen molar-refractivity contribution >= 4 is 9.53 Å². The summed E-state index contributed by atoms with van der Waals surface area (Å²) >= 11 is 0. The first-order valence-electron chi connectivity index (χ1n) is 5.11. The Morgan fingerprint density at radius 1 is 0.692 bits per heavy atom. The molecule has 13 heavy (non-hydrogen) atoms. The van der Waals surface area contributed by atoms with Crippen LogP contribution in [0.1, 0.15) is 41.0 Å². The molecule has 0 N–H and O–H groups in total. The van der Waals surface area contributed by atoms with E-state index in [1.807, 2.05) is 20.8 Å². The van der Waals surface area contributed by atoms with E-state index in [-0.39, 0.29) is 0 Å². The molecule has 3 nitrogen and oxygen atoms in total. The maximum atomic E-state index is 5.22. The molecule has 0 aromatic carbocycles. The van der Waals surface area contributed by atoms with Crippen molar-refractivity contribution in [1.82, 2.24) is 0 Å². The Balaban J connectivity index is 0. The van der Waals surface area contributed by atoms with Crippen molar-refractivity contribution in [3.8, 4) is 0 Å². The van der Waals surface area contributed by atoms with Crippen LogP contribution in [0.2, 0.25) is 0 Å². The molecular weight excluding hydrogens is 184 g/mol. The summed E-state index contributed by atoms with van der Waals surface area (Å²) in [5, 5.41) is 0. The first kappa shape index (κ1) is 15.6. The van der Waals surface area contributed by atoms with E-state index in [0.29, 0.717) is 19.8 Å². The Kier molecular flexibility index (Phi) is 17.5. The molecule has 0 heterocycles. The Morgan fingerprint density at radius 3 is 1.08 bits per heavy atom. The minimum absolute atomic E-state index is 0.677. The maximum Gasteiger partial charge on any atom is 0.484 e. The van der Waals surface area contributed by atoms with E-state index in [1.165, 1.54) is 6.42 Å². The molecule has 0 saturated heterocycles. The summed E-state index contributed by atoms with van der Waals surface area (Å²) in [5.74, 6) is 0. The lowest BCUT2D eigenvalue weighted by Gasteiger charge is -2.12. The predicted molar refractivity (Wildman–Crippen MR) is 58.0 cm³/mol. The van der Waals surface area contributed by atoms with E-state index in [0.717, 1.165) is 0 Å². The Hall–Kier alpha value is 0.0969. The van der Waals surface area contributed by atoms with Crippen LogP contribution in [0.5, 0.6) is 0 Å². The van der Waals surface area contributed by atoms with Gasteiger partial charge in [-0.15, -0.1) is 0 Å². The third-order valence-corrected chi connectivity index (χ3v) is 2.72. The number of rotatable bonds is 6. The summed E-state index contributed by atoms with van der Waals surface area (Å²) in [7, 11) is -1.73. The van der Waals surface area contributed by atoms with Crippen LogP contribution in [0, 0.1) is 0 Å². The highest BCUT2D eigenvalue weighted by Gasteiger charge is 2.11. The summed E-state index contributed by atoms with van der Waals surface area (Å²) in [5.41, 5.74) is 0. The predicted octanol–water partition coefficient (Wildman–Crippen LogP) is 2.23. The van der Waals surface area contributed by atoms with Gasteiger partial charge in [0.05, 0.1) is 0 Å². The van der Waals surface area contributed by atoms with Crippen LogP contribution in [0.15, 0.2) is 0 Å². The van der Waals surface area contributed by atoms with Gasteiger partial charge in [-0.2, -0.15) is 0 Å². The summed E-state index contributed by atoms with van der Waals surface area (Å²) in [4.78, 5) is 0. The van der Waals surface area contributed by atoms with Gasteiger partial charge in [-0.3, -0.25) is 0 Å². The van der Waals surface area contributed by atoms with Gasteiger partial charge in [-0.1, -0.05) is 20.3 Å². The quantitative estimate of drug-likeness (QED) is 0.627. The topological polar surface area (TPSA) is 27.7 Å². The normalized spacial score (nSPS) is 9.69. The second-order valence-corrected chi connectivity index (χ2v) is 3.94. The fourth-order valence-electron chi connectivity index (χ4n) is 0.553. The van der Waals surface area contributed by atoms with Crippen LogP contribution in [-0.4, -0.2) is 29.3 Å². The smallest absolute Gasteiger partial charge is 0.376 e. The van der Waals surface area contributed by atoms with Crippen LogP contribution in [0.3, 0.4) is 0 Å². The van der Waals surface area contributed by atoms with Gasteiger partial charge < -0.3 is 13.3 Å². The summed E-state index contributed by atoms with van der Waals surface area (Å²) in [6, 6.07) is 0. The van der Waals surface area contributed by atoms with Crippen LogP contribution >= 0.6 is 0 Å². The van der Waals surface area contributed by atoms with E-state index in [9.17, 15) is 0 Å². The second-order valence-electron chi connectivity index (χ2n) is 2.36. The molecule has 0 unspecified atom stereocenters. The average molecular weight is 208 g/mol. The van der Waals surface area contributed by atoms with E-state index < -0.39 is 9.53 Å². The Bertz CT molecular complexity index is 67.0. The molecule has 0 aromatic rings. The molecule has 0 saturated carbocycles. The van der Waals surface area contributed by atoms with Crippen molar-refractivity contribution in [2.45, 2.75) is 41.0 Å². The van der Waals surface area contributed by atoms with Gasteiger partial charge in [0.2, 0.25) is 0 Å². The third-order valence-electron chi connectivity index (χ3n) is 0.908. The lowest BCUT2D eigenvalue weighted by molar-refractivity contribution is 0.107. The zero-order valence-corrected chi connectivity index (χ0v) is 10.8. The Morgan fingerprint density at radius 2 is 0.923 bits per heavy atom. The zero-order chi connectivity index (χ0) is 10.5. The SMILES string of the molecule is CCC.CCO[SiH](OCC)OCC. The van der Waals surface area contributed by atoms with Crippen molar-refractivity contribution < 1.29 is 13.3 Å². The van der Waals surface area contributed by atoms with E-state index in [2.05, 4.69) is 13.8 Å². The zero-order valence-electron chi connectivity index (χ0n) is 9.63. The molecule has 0 bridgehead atoms. The van der Waals surface area contributed by atoms with E-state index in [4.69, 9.17) is 13.3 Å². The summed E-state index contributed by atoms with van der Waals surface area (Å²) in [6.07, 6.45) is 1.25. The maximum absolute atomic E-state index is 5.22. The lowest BCUT2D eigenvalue weighted by atomic mass is 10.6. The largest absolute Gasteiger partial charge is 0.484 e. The van der Waals surface area contributed by atoms with E-state index >= 15 is 0 Å². The molecule has 0 amide bonds. The Labute approximate surface area is 84.4 Å². The molecular formula is C9H24O3Si. The van der Waals surface area contributed by atoms with Crippen LogP contribution in [0.25, 0.3) is 0 Å². The van der Waals surface area contributed by atoms with Crippen molar-refractivity contribution in [3.63, 3.8) is 0 Å². The van der Waals surface area contributed by atoms with Gasteiger partial charge in [-0.05, 0) is 20.8 Å². The van der Waals surface area contributed by atoms with Crippen LogP contribution in [0.4, 0.5) is 0 Å². The molecule has 0 aliphatic rings. The molecule has 0 aromatic heterocycles. The molecule has 0 atom stereocenters.